The van der Waals surface area contributed by atoms with Crippen molar-refractivity contribution < 1.29 is 0 Å². The summed E-state index contributed by atoms with van der Waals surface area (Å²) < 4.78 is 0. The first kappa shape index (κ1) is 12.1. The molecule has 0 aromatic heterocycles. The molecule has 0 N–H and O–H groups in total. The molecule has 0 nitrogen and oxygen atoms in total. The van der Waals surface area contributed by atoms with E-state index in [4.69, 9.17) is 0 Å². The first-order valence-corrected chi connectivity index (χ1v) is 8.33. The molecule has 17 heavy (non-hydrogen) atoms. The summed E-state index contributed by atoms with van der Waals surface area (Å²) >= 11 is 0. The van der Waals surface area contributed by atoms with Gasteiger partial charge in [0.05, 0.1) is 0 Å². The fraction of sp³-hybridized carbons (Fsp3) is 1.00. The molecule has 0 amide bonds. The maximum Gasteiger partial charge on any atom is -0.0297 e. The molecule has 0 aliphatic heterocycles. The van der Waals surface area contributed by atoms with Gasteiger partial charge in [-0.2, -0.15) is 0 Å². The van der Waals surface area contributed by atoms with Gasteiger partial charge in [0.15, 0.2) is 0 Å². The molecule has 0 radical (unpaired) electrons. The van der Waals surface area contributed by atoms with Crippen molar-refractivity contribution in [1.29, 1.82) is 0 Å². The minimum Gasteiger partial charge on any atom is -0.0528 e. The highest BCUT2D eigenvalue weighted by atomic mass is 14.4. The van der Waals surface area contributed by atoms with Gasteiger partial charge in [-0.15, -0.1) is 0 Å². The predicted molar refractivity (Wildman–Crippen MR) is 74.1 cm³/mol. The van der Waals surface area contributed by atoms with Crippen LogP contribution in [0.1, 0.15) is 96.3 Å². The Morgan fingerprint density at radius 2 is 0.529 bits per heavy atom. The van der Waals surface area contributed by atoms with E-state index in [-0.39, 0.29) is 0 Å². The van der Waals surface area contributed by atoms with E-state index in [1.54, 1.807) is 51.4 Å². The van der Waals surface area contributed by atoms with Crippen LogP contribution < -0.4 is 0 Å². The van der Waals surface area contributed by atoms with Gasteiger partial charge in [0.1, 0.15) is 0 Å². The average Bonchev–Trinajstić information content (AvgIpc) is 3.03. The van der Waals surface area contributed by atoms with E-state index < -0.39 is 0 Å². The summed E-state index contributed by atoms with van der Waals surface area (Å²) in [5.74, 6) is 0. The summed E-state index contributed by atoms with van der Waals surface area (Å²) in [5, 5.41) is 0. The molecule has 4 fully saturated rings. The number of hydrogen-bond donors (Lipinski definition) is 0. The smallest absolute Gasteiger partial charge is 0.0297 e. The maximum absolute atomic E-state index is 1.56. The van der Waals surface area contributed by atoms with E-state index in [0.29, 0.717) is 0 Å². The number of rotatable bonds is 0. The van der Waals surface area contributed by atoms with Gasteiger partial charge in [0.25, 0.3) is 0 Å². The van der Waals surface area contributed by atoms with Crippen molar-refractivity contribution in [3.05, 3.63) is 0 Å². The molecule has 0 atom stereocenters. The highest BCUT2D eigenvalue weighted by Gasteiger charge is 2.38. The average molecular weight is 234 g/mol. The largest absolute Gasteiger partial charge is 0.0528 e. The molecule has 0 bridgehead atoms. The van der Waals surface area contributed by atoms with Crippen molar-refractivity contribution in [3.63, 3.8) is 0 Å². The summed E-state index contributed by atoms with van der Waals surface area (Å²) in [6, 6.07) is 0. The highest BCUT2D eigenvalue weighted by molar-refractivity contribution is 4.91. The van der Waals surface area contributed by atoms with Gasteiger partial charge in [-0.3, -0.25) is 0 Å². The van der Waals surface area contributed by atoms with Crippen LogP contribution in [0.15, 0.2) is 0 Å². The second-order valence-electron chi connectivity index (χ2n) is 7.47. The standard InChI is InChI=1S/C9H16.C8H14/c1-2-6-9(5-1)7-3-4-8-9;1-2-5-8(4-1)6-3-7-8/h1-8H2;1-7H2. The molecule has 98 valence electrons. The number of hydrogen-bond acceptors (Lipinski definition) is 0. The van der Waals surface area contributed by atoms with E-state index in [1.165, 1.54) is 44.9 Å². The zero-order valence-corrected chi connectivity index (χ0v) is 11.6. The van der Waals surface area contributed by atoms with Gasteiger partial charge in [-0.1, -0.05) is 44.9 Å². The van der Waals surface area contributed by atoms with Crippen molar-refractivity contribution in [2.75, 3.05) is 0 Å². The third kappa shape index (κ3) is 2.56. The Morgan fingerprint density at radius 1 is 0.294 bits per heavy atom. The van der Waals surface area contributed by atoms with Crippen LogP contribution in [0.3, 0.4) is 0 Å². The Hall–Kier alpha value is 0. The van der Waals surface area contributed by atoms with Gasteiger partial charge < -0.3 is 0 Å². The highest BCUT2D eigenvalue weighted by Crippen LogP contribution is 2.53. The van der Waals surface area contributed by atoms with Gasteiger partial charge in [0.2, 0.25) is 0 Å². The van der Waals surface area contributed by atoms with E-state index >= 15 is 0 Å². The zero-order chi connectivity index (χ0) is 11.6. The minimum absolute atomic E-state index is 0.889. The van der Waals surface area contributed by atoms with E-state index in [0.717, 1.165) is 10.8 Å². The Labute approximate surface area is 108 Å². The lowest BCUT2D eigenvalue weighted by Crippen LogP contribution is -2.24. The van der Waals surface area contributed by atoms with Crippen LogP contribution in [0.5, 0.6) is 0 Å². The van der Waals surface area contributed by atoms with Crippen LogP contribution in [0, 0.1) is 10.8 Å². The molecule has 0 saturated heterocycles. The van der Waals surface area contributed by atoms with Gasteiger partial charge in [0, 0.05) is 0 Å². The molecule has 2 spiro atoms. The summed E-state index contributed by atoms with van der Waals surface area (Å²) in [5.41, 5.74) is 1.81. The molecule has 4 saturated carbocycles. The van der Waals surface area contributed by atoms with Crippen LogP contribution in [0.4, 0.5) is 0 Å². The summed E-state index contributed by atoms with van der Waals surface area (Å²) in [7, 11) is 0. The third-order valence-electron chi connectivity index (χ3n) is 6.41. The first-order chi connectivity index (χ1) is 8.33. The van der Waals surface area contributed by atoms with Crippen LogP contribution in [-0.2, 0) is 0 Å². The van der Waals surface area contributed by atoms with E-state index in [1.807, 2.05) is 0 Å². The topological polar surface area (TPSA) is 0 Å². The predicted octanol–water partition coefficient (Wildman–Crippen LogP) is 5.85. The van der Waals surface area contributed by atoms with Crippen molar-refractivity contribution in [3.8, 4) is 0 Å². The molecule has 4 aliphatic carbocycles. The van der Waals surface area contributed by atoms with E-state index in [2.05, 4.69) is 0 Å². The van der Waals surface area contributed by atoms with Crippen molar-refractivity contribution in [2.24, 2.45) is 10.8 Å². The molecule has 0 heterocycles. The second kappa shape index (κ2) is 4.94. The maximum atomic E-state index is 1.56. The lowest BCUT2D eigenvalue weighted by molar-refractivity contribution is 0.144. The SMILES string of the molecule is C1CCC2(C1)CCC2.C1CCC2(C1)CCCC2. The van der Waals surface area contributed by atoms with E-state index in [9.17, 15) is 0 Å². The fourth-order valence-corrected chi connectivity index (χ4v) is 5.05. The van der Waals surface area contributed by atoms with Crippen molar-refractivity contribution in [2.45, 2.75) is 96.3 Å². The Balaban J connectivity index is 0.000000107. The van der Waals surface area contributed by atoms with Crippen LogP contribution >= 0.6 is 0 Å². The zero-order valence-electron chi connectivity index (χ0n) is 11.6. The van der Waals surface area contributed by atoms with Gasteiger partial charge >= 0.3 is 0 Å². The summed E-state index contributed by atoms with van der Waals surface area (Å²) in [6.45, 7) is 0. The summed E-state index contributed by atoms with van der Waals surface area (Å²) in [6.07, 6.45) is 23.2. The monoisotopic (exact) mass is 234 g/mol. The van der Waals surface area contributed by atoms with Crippen LogP contribution in [-0.4, -0.2) is 0 Å². The molecule has 0 aromatic carbocycles. The minimum atomic E-state index is 0.889. The second-order valence-corrected chi connectivity index (χ2v) is 7.47. The third-order valence-corrected chi connectivity index (χ3v) is 6.41. The fourth-order valence-electron chi connectivity index (χ4n) is 5.05. The lowest BCUT2D eigenvalue weighted by Gasteiger charge is -2.38. The van der Waals surface area contributed by atoms with Crippen molar-refractivity contribution in [1.82, 2.24) is 0 Å². The molecule has 4 rings (SSSR count). The molecular formula is C17H30. The Kier molecular flexibility index (Phi) is 3.50. The normalized spacial score (nSPS) is 32.5. The quantitative estimate of drug-likeness (QED) is 0.493. The first-order valence-electron chi connectivity index (χ1n) is 8.33. The van der Waals surface area contributed by atoms with Crippen molar-refractivity contribution >= 4 is 0 Å². The van der Waals surface area contributed by atoms with Gasteiger partial charge in [-0.25, -0.2) is 0 Å². The Morgan fingerprint density at radius 3 is 0.706 bits per heavy atom. The summed E-state index contributed by atoms with van der Waals surface area (Å²) in [4.78, 5) is 0. The molecular weight excluding hydrogens is 204 g/mol. The molecule has 0 aromatic rings. The molecule has 0 heteroatoms. The Bertz CT molecular complexity index is 211. The van der Waals surface area contributed by atoms with Crippen LogP contribution in [0.2, 0.25) is 0 Å². The van der Waals surface area contributed by atoms with Gasteiger partial charge in [-0.05, 0) is 62.2 Å². The lowest BCUT2D eigenvalue weighted by atomic mass is 9.68. The molecule has 0 unspecified atom stereocenters. The molecule has 4 aliphatic rings. The van der Waals surface area contributed by atoms with Crippen LogP contribution in [0.25, 0.3) is 0 Å².